The fraction of sp³-hybridized carbons (Fsp3) is 0.588. The first-order valence-corrected chi connectivity index (χ1v) is 7.71. The zero-order valence-electron chi connectivity index (χ0n) is 12.7. The molecule has 1 aliphatic carbocycles. The zero-order valence-corrected chi connectivity index (χ0v) is 12.7. The summed E-state index contributed by atoms with van der Waals surface area (Å²) >= 11 is 0. The largest absolute Gasteiger partial charge is 0.326 e. The minimum atomic E-state index is -0.0155. The second-order valence-electron chi connectivity index (χ2n) is 6.00. The van der Waals surface area contributed by atoms with E-state index in [9.17, 15) is 4.79 Å². The van der Waals surface area contributed by atoms with Crippen molar-refractivity contribution in [3.05, 3.63) is 29.8 Å². The molecule has 0 spiro atoms. The second kappa shape index (κ2) is 6.89. The van der Waals surface area contributed by atoms with Crippen LogP contribution in [0.5, 0.6) is 0 Å². The van der Waals surface area contributed by atoms with Gasteiger partial charge in [0.15, 0.2) is 0 Å². The van der Waals surface area contributed by atoms with Gasteiger partial charge in [0.1, 0.15) is 0 Å². The summed E-state index contributed by atoms with van der Waals surface area (Å²) < 4.78 is 0. The molecule has 0 saturated heterocycles. The number of anilines is 1. The van der Waals surface area contributed by atoms with Crippen LogP contribution in [0.15, 0.2) is 24.3 Å². The second-order valence-corrected chi connectivity index (χ2v) is 6.00. The fourth-order valence-corrected chi connectivity index (χ4v) is 3.23. The monoisotopic (exact) mass is 274 g/mol. The van der Waals surface area contributed by atoms with Gasteiger partial charge in [-0.2, -0.15) is 0 Å². The van der Waals surface area contributed by atoms with Crippen LogP contribution in [0.1, 0.15) is 51.5 Å². The van der Waals surface area contributed by atoms with E-state index in [1.165, 1.54) is 32.1 Å². The van der Waals surface area contributed by atoms with Crippen LogP contribution in [0, 0.1) is 5.41 Å². The highest BCUT2D eigenvalue weighted by Gasteiger charge is 2.31. The molecule has 0 unspecified atom stereocenters. The molecule has 1 aliphatic rings. The van der Waals surface area contributed by atoms with E-state index >= 15 is 0 Å². The van der Waals surface area contributed by atoms with E-state index in [-0.39, 0.29) is 5.91 Å². The van der Waals surface area contributed by atoms with Crippen LogP contribution in [0.25, 0.3) is 0 Å². The van der Waals surface area contributed by atoms with Gasteiger partial charge in [0.2, 0.25) is 5.91 Å². The lowest BCUT2D eigenvalue weighted by molar-refractivity contribution is -0.114. The number of hydrogen-bond acceptors (Lipinski definition) is 2. The van der Waals surface area contributed by atoms with Crippen molar-refractivity contribution in [1.82, 2.24) is 5.32 Å². The summed E-state index contributed by atoms with van der Waals surface area (Å²) in [7, 11) is 0. The molecule has 0 bridgehead atoms. The van der Waals surface area contributed by atoms with E-state index in [1.807, 2.05) is 18.2 Å². The highest BCUT2D eigenvalue weighted by Crippen LogP contribution is 2.40. The van der Waals surface area contributed by atoms with E-state index in [0.29, 0.717) is 5.41 Å². The van der Waals surface area contributed by atoms with Gasteiger partial charge in [0.25, 0.3) is 0 Å². The first-order chi connectivity index (χ1) is 9.65. The quantitative estimate of drug-likeness (QED) is 0.830. The Labute approximate surface area is 122 Å². The van der Waals surface area contributed by atoms with Crippen molar-refractivity contribution in [3.8, 4) is 0 Å². The Morgan fingerprint density at radius 2 is 1.95 bits per heavy atom. The molecule has 1 aromatic rings. The minimum Gasteiger partial charge on any atom is -0.326 e. The highest BCUT2D eigenvalue weighted by molar-refractivity contribution is 5.89. The van der Waals surface area contributed by atoms with Crippen molar-refractivity contribution < 1.29 is 4.79 Å². The topological polar surface area (TPSA) is 41.1 Å². The molecule has 2 N–H and O–H groups in total. The third-order valence-electron chi connectivity index (χ3n) is 4.56. The predicted molar refractivity (Wildman–Crippen MR) is 83.6 cm³/mol. The number of para-hydroxylation sites is 1. The Morgan fingerprint density at radius 1 is 1.25 bits per heavy atom. The Morgan fingerprint density at radius 3 is 2.60 bits per heavy atom. The van der Waals surface area contributed by atoms with E-state index in [1.54, 1.807) is 6.92 Å². The Bertz CT molecular complexity index is 450. The van der Waals surface area contributed by atoms with Crippen LogP contribution < -0.4 is 10.6 Å². The SMILES string of the molecule is CCC1(CNCc2ccccc2NC(C)=O)CCCC1. The van der Waals surface area contributed by atoms with Gasteiger partial charge in [-0.3, -0.25) is 4.79 Å². The third kappa shape index (κ3) is 3.83. The van der Waals surface area contributed by atoms with Crippen molar-refractivity contribution in [2.75, 3.05) is 11.9 Å². The molecule has 2 rings (SSSR count). The van der Waals surface area contributed by atoms with E-state index in [2.05, 4.69) is 23.6 Å². The molecule has 0 aliphatic heterocycles. The summed E-state index contributed by atoms with van der Waals surface area (Å²) in [6.45, 7) is 5.75. The lowest BCUT2D eigenvalue weighted by Crippen LogP contribution is -2.31. The summed E-state index contributed by atoms with van der Waals surface area (Å²) in [5, 5.41) is 6.49. The van der Waals surface area contributed by atoms with Gasteiger partial charge in [-0.1, -0.05) is 38.0 Å². The van der Waals surface area contributed by atoms with E-state index < -0.39 is 0 Å². The van der Waals surface area contributed by atoms with E-state index in [0.717, 1.165) is 24.3 Å². The Kier molecular flexibility index (Phi) is 5.18. The fourth-order valence-electron chi connectivity index (χ4n) is 3.23. The molecule has 0 atom stereocenters. The van der Waals surface area contributed by atoms with Gasteiger partial charge in [0.05, 0.1) is 0 Å². The van der Waals surface area contributed by atoms with Crippen molar-refractivity contribution in [2.24, 2.45) is 5.41 Å². The van der Waals surface area contributed by atoms with Gasteiger partial charge in [-0.15, -0.1) is 0 Å². The molecule has 0 radical (unpaired) electrons. The maximum atomic E-state index is 11.2. The standard InChI is InChI=1S/C17H26N2O/c1-3-17(10-6-7-11-17)13-18-12-15-8-4-5-9-16(15)19-14(2)20/h4-5,8-9,18H,3,6-7,10-13H2,1-2H3,(H,19,20). The maximum Gasteiger partial charge on any atom is 0.221 e. The molecule has 1 aromatic carbocycles. The molecule has 1 amide bonds. The molecule has 110 valence electrons. The molecule has 0 heterocycles. The smallest absolute Gasteiger partial charge is 0.221 e. The van der Waals surface area contributed by atoms with Crippen LogP contribution in [0.2, 0.25) is 0 Å². The van der Waals surface area contributed by atoms with Gasteiger partial charge >= 0.3 is 0 Å². The van der Waals surface area contributed by atoms with Crippen LogP contribution in [0.4, 0.5) is 5.69 Å². The molecule has 3 nitrogen and oxygen atoms in total. The molecule has 20 heavy (non-hydrogen) atoms. The summed E-state index contributed by atoms with van der Waals surface area (Å²) in [6, 6.07) is 8.02. The number of carbonyl (C=O) groups excluding carboxylic acids is 1. The third-order valence-corrected chi connectivity index (χ3v) is 4.56. The van der Waals surface area contributed by atoms with Crippen molar-refractivity contribution >= 4 is 11.6 Å². The Hall–Kier alpha value is -1.35. The first-order valence-electron chi connectivity index (χ1n) is 7.71. The maximum absolute atomic E-state index is 11.2. The van der Waals surface area contributed by atoms with Crippen LogP contribution in [-0.2, 0) is 11.3 Å². The van der Waals surface area contributed by atoms with Gasteiger partial charge in [0, 0.05) is 25.7 Å². The number of rotatable bonds is 6. The average Bonchev–Trinajstić information content (AvgIpc) is 2.89. The average molecular weight is 274 g/mol. The van der Waals surface area contributed by atoms with Crippen molar-refractivity contribution in [2.45, 2.75) is 52.5 Å². The number of amides is 1. The highest BCUT2D eigenvalue weighted by atomic mass is 16.1. The summed E-state index contributed by atoms with van der Waals surface area (Å²) in [5.74, 6) is -0.0155. The van der Waals surface area contributed by atoms with Crippen molar-refractivity contribution in [3.63, 3.8) is 0 Å². The summed E-state index contributed by atoms with van der Waals surface area (Å²) in [5.41, 5.74) is 2.58. The molecular weight excluding hydrogens is 248 g/mol. The van der Waals surface area contributed by atoms with Crippen LogP contribution in [0.3, 0.4) is 0 Å². The number of benzene rings is 1. The summed E-state index contributed by atoms with van der Waals surface area (Å²) in [4.78, 5) is 11.2. The molecule has 1 fully saturated rings. The van der Waals surface area contributed by atoms with Gasteiger partial charge in [-0.05, 0) is 36.3 Å². The molecule has 0 aromatic heterocycles. The van der Waals surface area contributed by atoms with E-state index in [4.69, 9.17) is 0 Å². The van der Waals surface area contributed by atoms with Crippen molar-refractivity contribution in [1.29, 1.82) is 0 Å². The van der Waals surface area contributed by atoms with Crippen LogP contribution in [-0.4, -0.2) is 12.5 Å². The lowest BCUT2D eigenvalue weighted by atomic mass is 9.83. The molecular formula is C17H26N2O. The lowest BCUT2D eigenvalue weighted by Gasteiger charge is -2.28. The first kappa shape index (κ1) is 15.0. The van der Waals surface area contributed by atoms with Crippen LogP contribution >= 0.6 is 0 Å². The molecule has 1 saturated carbocycles. The zero-order chi connectivity index (χ0) is 14.4. The number of carbonyl (C=O) groups is 1. The molecule has 3 heteroatoms. The number of hydrogen-bond donors (Lipinski definition) is 2. The Balaban J connectivity index is 1.92. The normalized spacial score (nSPS) is 17.1. The predicted octanol–water partition coefficient (Wildman–Crippen LogP) is 3.71. The van der Waals surface area contributed by atoms with Gasteiger partial charge < -0.3 is 10.6 Å². The minimum absolute atomic E-state index is 0.0155. The number of nitrogens with one attached hydrogen (secondary N) is 2. The summed E-state index contributed by atoms with van der Waals surface area (Å²) in [6.07, 6.45) is 6.71. The van der Waals surface area contributed by atoms with Gasteiger partial charge in [-0.25, -0.2) is 0 Å².